The molecule has 0 bridgehead atoms. The highest BCUT2D eigenvalue weighted by Crippen LogP contribution is 2.37. The molecule has 2 aromatic carbocycles. The summed E-state index contributed by atoms with van der Waals surface area (Å²) in [6, 6.07) is 15.2. The van der Waals surface area contributed by atoms with Gasteiger partial charge >= 0.3 is 0 Å². The average Bonchev–Trinajstić information content (AvgIpc) is 2.84. The number of nitrogen functional groups attached to an aromatic ring is 1. The van der Waals surface area contributed by atoms with E-state index in [1.807, 2.05) is 53.4 Å². The van der Waals surface area contributed by atoms with E-state index in [1.54, 1.807) is 20.4 Å². The van der Waals surface area contributed by atoms with Crippen molar-refractivity contribution in [3.8, 4) is 22.6 Å². The number of hydrogen-bond donors (Lipinski definition) is 1. The Balaban J connectivity index is 1.66. The molecule has 0 radical (unpaired) electrons. The van der Waals surface area contributed by atoms with Gasteiger partial charge in [0.25, 0.3) is 0 Å². The van der Waals surface area contributed by atoms with Gasteiger partial charge in [0.15, 0.2) is 0 Å². The van der Waals surface area contributed by atoms with Gasteiger partial charge in [0.05, 0.1) is 32.4 Å². The second-order valence-corrected chi connectivity index (χ2v) is 7.88. The Morgan fingerprint density at radius 1 is 1.09 bits per heavy atom. The number of nitrogens with zero attached hydrogens (tertiary/aromatic N) is 3. The number of likely N-dealkylation sites (tertiary alicyclic amines) is 1. The van der Waals surface area contributed by atoms with Crippen LogP contribution in [0.3, 0.4) is 0 Å². The molecule has 0 saturated carbocycles. The van der Waals surface area contributed by atoms with Crippen LogP contribution in [-0.4, -0.2) is 41.5 Å². The highest BCUT2D eigenvalue weighted by Gasteiger charge is 2.31. The number of aromatic nitrogens is 2. The Morgan fingerprint density at radius 3 is 2.62 bits per heavy atom. The van der Waals surface area contributed by atoms with Gasteiger partial charge in [0.1, 0.15) is 11.5 Å². The predicted molar refractivity (Wildman–Crippen MR) is 123 cm³/mol. The molecule has 0 unspecified atom stereocenters. The Hall–Kier alpha value is -3.61. The van der Waals surface area contributed by atoms with Gasteiger partial charge in [0.2, 0.25) is 11.9 Å². The van der Waals surface area contributed by atoms with Crippen LogP contribution in [0, 0.1) is 0 Å². The van der Waals surface area contributed by atoms with Crippen LogP contribution in [0.4, 0.5) is 5.95 Å². The highest BCUT2D eigenvalue weighted by atomic mass is 16.5. The van der Waals surface area contributed by atoms with Crippen LogP contribution in [0.25, 0.3) is 11.1 Å². The molecule has 1 aliphatic rings. The first kappa shape index (κ1) is 21.6. The third-order valence-electron chi connectivity index (χ3n) is 5.87. The van der Waals surface area contributed by atoms with Crippen molar-refractivity contribution in [2.45, 2.75) is 31.7 Å². The lowest BCUT2D eigenvalue weighted by molar-refractivity contribution is -0.134. The smallest absolute Gasteiger partial charge is 0.227 e. The average molecular weight is 433 g/mol. The summed E-state index contributed by atoms with van der Waals surface area (Å²) >= 11 is 0. The van der Waals surface area contributed by atoms with E-state index in [-0.39, 0.29) is 17.9 Å². The molecule has 4 rings (SSSR count). The van der Waals surface area contributed by atoms with Crippen LogP contribution in [0.1, 0.15) is 36.6 Å². The topological polar surface area (TPSA) is 90.6 Å². The molecule has 3 aromatic rings. The molecular formula is C25H28N4O3. The first-order chi connectivity index (χ1) is 15.6. The van der Waals surface area contributed by atoms with E-state index in [0.29, 0.717) is 13.0 Å². The van der Waals surface area contributed by atoms with Crippen molar-refractivity contribution in [3.05, 3.63) is 66.0 Å². The second kappa shape index (κ2) is 9.68. The molecule has 32 heavy (non-hydrogen) atoms. The predicted octanol–water partition coefficient (Wildman–Crippen LogP) is 4.04. The Labute approximate surface area is 188 Å². The fourth-order valence-electron chi connectivity index (χ4n) is 4.21. The first-order valence-electron chi connectivity index (χ1n) is 10.8. The Morgan fingerprint density at radius 2 is 1.88 bits per heavy atom. The van der Waals surface area contributed by atoms with Crippen LogP contribution >= 0.6 is 0 Å². The molecule has 7 heteroatoms. The van der Waals surface area contributed by atoms with E-state index in [2.05, 4.69) is 9.97 Å². The summed E-state index contributed by atoms with van der Waals surface area (Å²) in [5.41, 5.74) is 9.52. The first-order valence-corrected chi connectivity index (χ1v) is 10.8. The van der Waals surface area contributed by atoms with Gasteiger partial charge in [-0.3, -0.25) is 4.79 Å². The van der Waals surface area contributed by atoms with Crippen molar-refractivity contribution in [2.75, 3.05) is 26.5 Å². The van der Waals surface area contributed by atoms with Crippen LogP contribution in [0.5, 0.6) is 11.5 Å². The molecular weight excluding hydrogens is 404 g/mol. The maximum Gasteiger partial charge on any atom is 0.227 e. The van der Waals surface area contributed by atoms with E-state index in [4.69, 9.17) is 15.2 Å². The number of ether oxygens (including phenoxy) is 2. The Bertz CT molecular complexity index is 1080. The fourth-order valence-corrected chi connectivity index (χ4v) is 4.21. The summed E-state index contributed by atoms with van der Waals surface area (Å²) in [5, 5.41) is 0. The van der Waals surface area contributed by atoms with E-state index in [1.165, 1.54) is 0 Å². The quantitative estimate of drug-likeness (QED) is 0.632. The monoisotopic (exact) mass is 432 g/mol. The lowest BCUT2D eigenvalue weighted by Gasteiger charge is -2.36. The minimum Gasteiger partial charge on any atom is -0.497 e. The summed E-state index contributed by atoms with van der Waals surface area (Å²) in [5.74, 6) is 1.81. The number of nitrogens with two attached hydrogens (primary N) is 1. The van der Waals surface area contributed by atoms with Crippen molar-refractivity contribution in [1.82, 2.24) is 14.9 Å². The summed E-state index contributed by atoms with van der Waals surface area (Å²) in [4.78, 5) is 24.1. The number of hydrogen-bond acceptors (Lipinski definition) is 6. The number of carbonyl (C=O) groups excluding carboxylic acids is 1. The maximum atomic E-state index is 13.3. The van der Waals surface area contributed by atoms with Crippen molar-refractivity contribution < 1.29 is 14.3 Å². The molecule has 0 spiro atoms. The fraction of sp³-hybridized carbons (Fsp3) is 0.320. The summed E-state index contributed by atoms with van der Waals surface area (Å²) < 4.78 is 10.6. The van der Waals surface area contributed by atoms with Crippen molar-refractivity contribution >= 4 is 11.9 Å². The largest absolute Gasteiger partial charge is 0.497 e. The van der Waals surface area contributed by atoms with Gasteiger partial charge in [0, 0.05) is 18.3 Å². The number of rotatable bonds is 6. The molecule has 2 heterocycles. The van der Waals surface area contributed by atoms with Crippen LogP contribution in [-0.2, 0) is 11.2 Å². The molecule has 1 atom stereocenters. The van der Waals surface area contributed by atoms with Crippen molar-refractivity contribution in [2.24, 2.45) is 0 Å². The van der Waals surface area contributed by atoms with Crippen molar-refractivity contribution in [1.29, 1.82) is 0 Å². The standard InChI is InChI=1S/C25H28N4O3/c1-31-19-11-9-17(10-12-19)14-23(30)29-13-4-3-8-22(29)24-21(16-27-25(26)28-24)18-6-5-7-20(15-18)32-2/h5-7,9-12,15-16,22H,3-4,8,13-14H2,1-2H3,(H2,26,27,28)/t22-/m1/s1. The molecule has 1 saturated heterocycles. The molecule has 1 fully saturated rings. The van der Waals surface area contributed by atoms with Gasteiger partial charge < -0.3 is 20.1 Å². The molecule has 1 aliphatic heterocycles. The van der Waals surface area contributed by atoms with Gasteiger partial charge in [-0.25, -0.2) is 9.97 Å². The van der Waals surface area contributed by atoms with Crippen molar-refractivity contribution in [3.63, 3.8) is 0 Å². The van der Waals surface area contributed by atoms with E-state index in [0.717, 1.165) is 53.1 Å². The van der Waals surface area contributed by atoms with Gasteiger partial charge in [-0.15, -0.1) is 0 Å². The van der Waals surface area contributed by atoms with Gasteiger partial charge in [-0.05, 0) is 54.7 Å². The number of carbonyl (C=O) groups is 1. The van der Waals surface area contributed by atoms with E-state index < -0.39 is 0 Å². The maximum absolute atomic E-state index is 13.3. The van der Waals surface area contributed by atoms with Crippen LogP contribution in [0.2, 0.25) is 0 Å². The van der Waals surface area contributed by atoms with Crippen LogP contribution < -0.4 is 15.2 Å². The molecule has 7 nitrogen and oxygen atoms in total. The lowest BCUT2D eigenvalue weighted by atomic mass is 9.93. The summed E-state index contributed by atoms with van der Waals surface area (Å²) in [6.07, 6.45) is 4.91. The molecule has 2 N–H and O–H groups in total. The lowest BCUT2D eigenvalue weighted by Crippen LogP contribution is -2.40. The molecule has 1 aromatic heterocycles. The van der Waals surface area contributed by atoms with Gasteiger partial charge in [-0.2, -0.15) is 0 Å². The van der Waals surface area contributed by atoms with E-state index in [9.17, 15) is 4.79 Å². The number of methoxy groups -OCH3 is 2. The number of benzene rings is 2. The van der Waals surface area contributed by atoms with Gasteiger partial charge in [-0.1, -0.05) is 24.3 Å². The minimum absolute atomic E-state index is 0.0774. The minimum atomic E-state index is -0.152. The van der Waals surface area contributed by atoms with Crippen LogP contribution in [0.15, 0.2) is 54.7 Å². The Kier molecular flexibility index (Phi) is 6.54. The van der Waals surface area contributed by atoms with E-state index >= 15 is 0 Å². The zero-order valence-electron chi connectivity index (χ0n) is 18.5. The zero-order chi connectivity index (χ0) is 22.5. The third-order valence-corrected chi connectivity index (χ3v) is 5.87. The second-order valence-electron chi connectivity index (χ2n) is 7.88. The molecule has 0 aliphatic carbocycles. The number of amides is 1. The summed E-state index contributed by atoms with van der Waals surface area (Å²) in [7, 11) is 3.27. The number of piperidine rings is 1. The number of anilines is 1. The molecule has 166 valence electrons. The summed E-state index contributed by atoms with van der Waals surface area (Å²) in [6.45, 7) is 0.696. The molecule has 1 amide bonds. The third kappa shape index (κ3) is 4.66. The highest BCUT2D eigenvalue weighted by molar-refractivity contribution is 5.80. The SMILES string of the molecule is COc1ccc(CC(=O)N2CCCC[C@@H]2c2nc(N)ncc2-c2cccc(OC)c2)cc1. The normalized spacial score (nSPS) is 15.9. The zero-order valence-corrected chi connectivity index (χ0v) is 18.5.